The summed E-state index contributed by atoms with van der Waals surface area (Å²) in [5.41, 5.74) is 0.415. The zero-order valence-corrected chi connectivity index (χ0v) is 14.2. The summed E-state index contributed by atoms with van der Waals surface area (Å²) in [6.07, 6.45) is 4.47. The van der Waals surface area contributed by atoms with Gasteiger partial charge in [-0.3, -0.25) is 14.9 Å². The number of hydrogen-bond acceptors (Lipinski definition) is 3. The summed E-state index contributed by atoms with van der Waals surface area (Å²) >= 11 is 2.06. The van der Waals surface area contributed by atoms with Crippen LogP contribution in [0.1, 0.15) is 43.0 Å². The van der Waals surface area contributed by atoms with Crippen LogP contribution >= 0.6 is 22.6 Å². The molecule has 0 aromatic heterocycles. The highest BCUT2D eigenvalue weighted by Gasteiger charge is 2.25. The highest BCUT2D eigenvalue weighted by molar-refractivity contribution is 14.1. The van der Waals surface area contributed by atoms with Crippen LogP contribution in [0.2, 0.25) is 0 Å². The molecule has 6 heteroatoms. The Morgan fingerprint density at radius 1 is 1.43 bits per heavy atom. The Balaban J connectivity index is 2.10. The number of nitro groups is 1. The molecule has 1 saturated heterocycles. The van der Waals surface area contributed by atoms with Crippen molar-refractivity contribution in [1.29, 1.82) is 0 Å². The zero-order chi connectivity index (χ0) is 15.4. The van der Waals surface area contributed by atoms with Gasteiger partial charge in [0.2, 0.25) is 0 Å². The molecule has 1 aliphatic heterocycles. The lowest BCUT2D eigenvalue weighted by atomic mass is 9.92. The molecule has 21 heavy (non-hydrogen) atoms. The lowest BCUT2D eigenvalue weighted by Gasteiger charge is -2.32. The second-order valence-electron chi connectivity index (χ2n) is 5.45. The van der Waals surface area contributed by atoms with Gasteiger partial charge in [-0.2, -0.15) is 0 Å². The van der Waals surface area contributed by atoms with Crippen molar-refractivity contribution in [2.45, 2.75) is 32.6 Å². The number of hydrogen-bond donors (Lipinski definition) is 0. The minimum absolute atomic E-state index is 0.0281. The summed E-state index contributed by atoms with van der Waals surface area (Å²) in [6, 6.07) is 4.46. The van der Waals surface area contributed by atoms with Crippen molar-refractivity contribution in [3.05, 3.63) is 37.4 Å². The smallest absolute Gasteiger partial charge is 0.270 e. The van der Waals surface area contributed by atoms with Crippen molar-refractivity contribution in [1.82, 2.24) is 4.90 Å². The van der Waals surface area contributed by atoms with Crippen molar-refractivity contribution in [2.24, 2.45) is 5.92 Å². The van der Waals surface area contributed by atoms with E-state index >= 15 is 0 Å². The average molecular weight is 402 g/mol. The van der Waals surface area contributed by atoms with Gasteiger partial charge in [0.1, 0.15) is 0 Å². The first-order valence-electron chi connectivity index (χ1n) is 7.26. The molecule has 1 aliphatic rings. The first-order chi connectivity index (χ1) is 10.0. The molecular weight excluding hydrogens is 383 g/mol. The quantitative estimate of drug-likeness (QED) is 0.437. The van der Waals surface area contributed by atoms with Gasteiger partial charge in [0.25, 0.3) is 11.6 Å². The summed E-state index contributed by atoms with van der Waals surface area (Å²) in [5.74, 6) is 0.626. The average Bonchev–Trinajstić information content (AvgIpc) is 2.48. The number of piperidine rings is 1. The molecule has 1 heterocycles. The van der Waals surface area contributed by atoms with Crippen molar-refractivity contribution >= 4 is 34.2 Å². The molecule has 0 spiro atoms. The fraction of sp³-hybridized carbons (Fsp3) is 0.533. The SMILES string of the molecule is CCCC1CCN(C(=O)c2cc([N+](=O)[O-])ccc2I)CC1. The Morgan fingerprint density at radius 3 is 2.67 bits per heavy atom. The van der Waals surface area contributed by atoms with Crippen molar-refractivity contribution in [2.75, 3.05) is 13.1 Å². The van der Waals surface area contributed by atoms with Gasteiger partial charge in [-0.25, -0.2) is 0 Å². The van der Waals surface area contributed by atoms with Crippen LogP contribution < -0.4 is 0 Å². The third kappa shape index (κ3) is 3.93. The number of carbonyl (C=O) groups is 1. The molecular formula is C15H19IN2O3. The molecule has 0 unspecified atom stereocenters. The molecule has 1 amide bonds. The highest BCUT2D eigenvalue weighted by atomic mass is 127. The van der Waals surface area contributed by atoms with E-state index in [0.717, 1.165) is 29.5 Å². The van der Waals surface area contributed by atoms with Gasteiger partial charge in [-0.15, -0.1) is 0 Å². The number of non-ortho nitro benzene ring substituents is 1. The molecule has 5 nitrogen and oxygen atoms in total. The number of rotatable bonds is 4. The Kier molecular flexibility index (Phi) is 5.55. The van der Waals surface area contributed by atoms with Crippen molar-refractivity contribution < 1.29 is 9.72 Å². The van der Waals surface area contributed by atoms with E-state index < -0.39 is 4.92 Å². The fourth-order valence-corrected chi connectivity index (χ4v) is 3.36. The van der Waals surface area contributed by atoms with Gasteiger partial charge in [-0.05, 0) is 47.4 Å². The predicted octanol–water partition coefficient (Wildman–Crippen LogP) is 3.85. The van der Waals surface area contributed by atoms with Gasteiger partial charge in [0, 0.05) is 28.8 Å². The third-order valence-corrected chi connectivity index (χ3v) is 4.93. The first-order valence-corrected chi connectivity index (χ1v) is 8.34. The standard InChI is InChI=1S/C15H19IN2O3/c1-2-3-11-6-8-17(9-7-11)15(19)13-10-12(18(20)21)4-5-14(13)16/h4-5,10-11H,2-3,6-9H2,1H3. The zero-order valence-electron chi connectivity index (χ0n) is 12.0. The summed E-state index contributed by atoms with van der Waals surface area (Å²) < 4.78 is 0.763. The number of nitro benzene ring substituents is 1. The van der Waals surface area contributed by atoms with E-state index in [-0.39, 0.29) is 11.6 Å². The third-order valence-electron chi connectivity index (χ3n) is 3.99. The Bertz CT molecular complexity index is 540. The van der Waals surface area contributed by atoms with Crippen LogP contribution in [0.25, 0.3) is 0 Å². The monoisotopic (exact) mass is 402 g/mol. The maximum absolute atomic E-state index is 12.6. The highest BCUT2D eigenvalue weighted by Crippen LogP contribution is 2.25. The van der Waals surface area contributed by atoms with E-state index in [9.17, 15) is 14.9 Å². The molecule has 0 radical (unpaired) electrons. The van der Waals surface area contributed by atoms with Gasteiger partial charge in [-0.1, -0.05) is 19.8 Å². The predicted molar refractivity (Wildman–Crippen MR) is 89.3 cm³/mol. The molecule has 1 fully saturated rings. The number of likely N-dealkylation sites (tertiary alicyclic amines) is 1. The molecule has 0 aliphatic carbocycles. The second kappa shape index (κ2) is 7.20. The molecule has 114 valence electrons. The van der Waals surface area contributed by atoms with Gasteiger partial charge in [0.05, 0.1) is 10.5 Å². The molecule has 1 aromatic rings. The van der Waals surface area contributed by atoms with Crippen molar-refractivity contribution in [3.63, 3.8) is 0 Å². The van der Waals surface area contributed by atoms with Crippen LogP contribution in [0.15, 0.2) is 18.2 Å². The molecule has 1 aromatic carbocycles. The van der Waals surface area contributed by atoms with E-state index in [0.29, 0.717) is 11.5 Å². The largest absolute Gasteiger partial charge is 0.339 e. The van der Waals surface area contributed by atoms with Crippen LogP contribution in [0.3, 0.4) is 0 Å². The first kappa shape index (κ1) is 16.2. The van der Waals surface area contributed by atoms with Gasteiger partial charge in [0.15, 0.2) is 0 Å². The normalized spacial score (nSPS) is 16.0. The van der Waals surface area contributed by atoms with Crippen LogP contribution in [0.4, 0.5) is 5.69 Å². The number of carbonyl (C=O) groups excluding carboxylic acids is 1. The van der Waals surface area contributed by atoms with E-state index in [2.05, 4.69) is 29.5 Å². The van der Waals surface area contributed by atoms with Gasteiger partial charge < -0.3 is 4.90 Å². The Morgan fingerprint density at radius 2 is 2.10 bits per heavy atom. The van der Waals surface area contributed by atoms with Crippen LogP contribution in [0, 0.1) is 19.6 Å². The minimum Gasteiger partial charge on any atom is -0.339 e. The number of amides is 1. The fourth-order valence-electron chi connectivity index (χ4n) is 2.79. The molecule has 0 atom stereocenters. The van der Waals surface area contributed by atoms with Crippen molar-refractivity contribution in [3.8, 4) is 0 Å². The molecule has 0 bridgehead atoms. The van der Waals surface area contributed by atoms with Crippen LogP contribution in [-0.2, 0) is 0 Å². The van der Waals surface area contributed by atoms with Crippen LogP contribution in [0.5, 0.6) is 0 Å². The van der Waals surface area contributed by atoms with Crippen LogP contribution in [-0.4, -0.2) is 28.8 Å². The van der Waals surface area contributed by atoms with E-state index in [1.807, 2.05) is 4.90 Å². The number of halogens is 1. The summed E-state index contributed by atoms with van der Waals surface area (Å²) in [7, 11) is 0. The van der Waals surface area contributed by atoms with E-state index in [1.54, 1.807) is 6.07 Å². The molecule has 0 N–H and O–H groups in total. The lowest BCUT2D eigenvalue weighted by molar-refractivity contribution is -0.384. The molecule has 0 saturated carbocycles. The Hall–Kier alpha value is -1.18. The maximum atomic E-state index is 12.6. The van der Waals surface area contributed by atoms with E-state index in [1.165, 1.54) is 25.0 Å². The number of nitrogens with zero attached hydrogens (tertiary/aromatic N) is 2. The maximum Gasteiger partial charge on any atom is 0.270 e. The second-order valence-corrected chi connectivity index (χ2v) is 6.61. The molecule has 2 rings (SSSR count). The van der Waals surface area contributed by atoms with E-state index in [4.69, 9.17) is 0 Å². The summed E-state index contributed by atoms with van der Waals surface area (Å²) in [6.45, 7) is 3.69. The summed E-state index contributed by atoms with van der Waals surface area (Å²) in [5, 5.41) is 10.9. The van der Waals surface area contributed by atoms with Gasteiger partial charge >= 0.3 is 0 Å². The number of benzene rings is 1. The summed E-state index contributed by atoms with van der Waals surface area (Å²) in [4.78, 5) is 24.8. The lowest BCUT2D eigenvalue weighted by Crippen LogP contribution is -2.38. The topological polar surface area (TPSA) is 63.5 Å². The minimum atomic E-state index is -0.458. The Labute approximate surface area is 138 Å².